The Morgan fingerprint density at radius 3 is 1.63 bits per heavy atom. The first-order valence-corrected chi connectivity index (χ1v) is 15.9. The molecule has 0 amide bonds. The van der Waals surface area contributed by atoms with Crippen molar-refractivity contribution in [3.05, 3.63) is 176 Å². The Morgan fingerprint density at radius 2 is 0.918 bits per heavy atom. The zero-order chi connectivity index (χ0) is 36.9. The lowest BCUT2D eigenvalue weighted by atomic mass is 9.99. The molecule has 0 unspecified atom stereocenters. The molecule has 0 bridgehead atoms. The smallest absolute Gasteiger partial charge is 0.164 e. The average Bonchev–Trinajstić information content (AvgIpc) is 3.61. The monoisotopic (exact) mass is 632 g/mol. The summed E-state index contributed by atoms with van der Waals surface area (Å²) in [5, 5.41) is 1.39. The molecule has 0 N–H and O–H groups in total. The Balaban J connectivity index is 1.20. The molecular weight excluding hydrogens is 599 g/mol. The Hall–Kier alpha value is -6.65. The lowest BCUT2D eigenvalue weighted by Crippen LogP contribution is -2.00. The van der Waals surface area contributed by atoms with Crippen molar-refractivity contribution >= 4 is 21.9 Å². The molecule has 9 aromatic rings. The zero-order valence-electron chi connectivity index (χ0n) is 31.1. The maximum Gasteiger partial charge on any atom is 0.164 e. The molecule has 0 atom stereocenters. The minimum Gasteiger partial charge on any atom is -0.456 e. The Bertz CT molecular complexity index is 2850. The summed E-state index contributed by atoms with van der Waals surface area (Å²) in [7, 11) is 0. The number of hydrogen-bond acceptors (Lipinski definition) is 4. The maximum absolute atomic E-state index is 8.63. The van der Waals surface area contributed by atoms with Crippen LogP contribution in [-0.2, 0) is 0 Å². The van der Waals surface area contributed by atoms with Crippen molar-refractivity contribution in [3.63, 3.8) is 0 Å². The molecule has 0 spiro atoms. The highest BCUT2D eigenvalue weighted by Gasteiger charge is 2.17. The topological polar surface area (TPSA) is 51.8 Å². The molecule has 2 heterocycles. The zero-order valence-corrected chi connectivity index (χ0v) is 26.1. The summed E-state index contributed by atoms with van der Waals surface area (Å²) in [4.78, 5) is 15.0. The Morgan fingerprint density at radius 1 is 0.388 bits per heavy atom. The van der Waals surface area contributed by atoms with Crippen LogP contribution in [0.3, 0.4) is 0 Å². The molecule has 9 rings (SSSR count). The SMILES string of the molecule is [2H]c1c([2H])c([2H])c(-c2cccc3oc4cc(-c5nc(-c6ccc(-c7ccccc7)cc6)nc(-c6cccc(-c7ccccc7)c6)n5)ccc4c23)c([2H])c1[2H]. The average molecular weight is 633 g/mol. The molecule has 0 aliphatic rings. The van der Waals surface area contributed by atoms with E-state index >= 15 is 0 Å². The largest absolute Gasteiger partial charge is 0.456 e. The fourth-order valence-electron chi connectivity index (χ4n) is 6.23. The summed E-state index contributed by atoms with van der Waals surface area (Å²) < 4.78 is 48.2. The van der Waals surface area contributed by atoms with Gasteiger partial charge >= 0.3 is 0 Å². The number of fused-ring (bicyclic) bond motifs is 3. The van der Waals surface area contributed by atoms with Crippen molar-refractivity contribution in [1.29, 1.82) is 0 Å². The van der Waals surface area contributed by atoms with Gasteiger partial charge in [-0.2, -0.15) is 0 Å². The second-order valence-corrected chi connectivity index (χ2v) is 11.7. The van der Waals surface area contributed by atoms with Gasteiger partial charge in [0.05, 0.1) is 6.85 Å². The maximum atomic E-state index is 8.63. The van der Waals surface area contributed by atoms with Crippen LogP contribution in [0.1, 0.15) is 6.85 Å². The molecule has 0 saturated carbocycles. The summed E-state index contributed by atoms with van der Waals surface area (Å²) in [6.45, 7) is 0. The van der Waals surface area contributed by atoms with Crippen LogP contribution in [0.15, 0.2) is 180 Å². The van der Waals surface area contributed by atoms with Gasteiger partial charge in [-0.15, -0.1) is 0 Å². The lowest BCUT2D eigenvalue weighted by molar-refractivity contribution is 0.669. The van der Waals surface area contributed by atoms with E-state index in [0.717, 1.165) is 38.8 Å². The second-order valence-electron chi connectivity index (χ2n) is 11.7. The highest BCUT2D eigenvalue weighted by atomic mass is 16.3. The summed E-state index contributed by atoms with van der Waals surface area (Å²) >= 11 is 0. The van der Waals surface area contributed by atoms with Crippen LogP contribution in [0.2, 0.25) is 0 Å². The van der Waals surface area contributed by atoms with Gasteiger partial charge in [-0.1, -0.05) is 152 Å². The number of aromatic nitrogens is 3. The Kier molecular flexibility index (Phi) is 5.87. The van der Waals surface area contributed by atoms with Crippen LogP contribution in [0.4, 0.5) is 0 Å². The van der Waals surface area contributed by atoms with Crippen molar-refractivity contribution in [1.82, 2.24) is 15.0 Å². The van der Waals surface area contributed by atoms with Crippen molar-refractivity contribution in [2.75, 3.05) is 0 Å². The molecule has 4 heteroatoms. The molecule has 0 saturated heterocycles. The minimum absolute atomic E-state index is 0.126. The van der Waals surface area contributed by atoms with E-state index in [-0.39, 0.29) is 29.7 Å². The Labute approximate surface area is 291 Å². The van der Waals surface area contributed by atoms with Crippen molar-refractivity contribution in [2.24, 2.45) is 0 Å². The van der Waals surface area contributed by atoms with Gasteiger partial charge in [0.1, 0.15) is 11.2 Å². The van der Waals surface area contributed by atoms with Crippen LogP contribution in [0.5, 0.6) is 0 Å². The van der Waals surface area contributed by atoms with Crippen LogP contribution in [0, 0.1) is 0 Å². The normalized spacial score (nSPS) is 12.7. The first-order chi connectivity index (χ1) is 26.3. The molecule has 0 aliphatic heterocycles. The van der Waals surface area contributed by atoms with Gasteiger partial charge in [0.25, 0.3) is 0 Å². The molecule has 0 fully saturated rings. The molecule has 4 nitrogen and oxygen atoms in total. The molecule has 7 aromatic carbocycles. The standard InChI is InChI=1S/C45H29N3O/c1-4-12-30(13-5-1)32-22-24-34(25-23-32)43-46-44(36-19-10-18-35(28-36)31-14-6-2-7-15-31)48-45(47-43)37-26-27-39-41(29-37)49-40-21-11-20-38(42(39)40)33-16-8-3-9-17-33/h1-29H/i3D,8D,9D,16D,17D. The van der Waals surface area contributed by atoms with E-state index in [1.54, 1.807) is 12.1 Å². The van der Waals surface area contributed by atoms with E-state index in [2.05, 4.69) is 48.5 Å². The quantitative estimate of drug-likeness (QED) is 0.183. The van der Waals surface area contributed by atoms with Gasteiger partial charge in [0.15, 0.2) is 17.5 Å². The molecule has 2 aromatic heterocycles. The van der Waals surface area contributed by atoms with Crippen molar-refractivity contribution < 1.29 is 11.3 Å². The second kappa shape index (κ2) is 12.2. The first-order valence-electron chi connectivity index (χ1n) is 18.4. The molecule has 49 heavy (non-hydrogen) atoms. The lowest BCUT2D eigenvalue weighted by Gasteiger charge is -2.10. The van der Waals surface area contributed by atoms with Gasteiger partial charge in [-0.25, -0.2) is 15.0 Å². The van der Waals surface area contributed by atoms with E-state index in [0.29, 0.717) is 45.2 Å². The summed E-state index contributed by atoms with van der Waals surface area (Å²) in [5.74, 6) is 1.50. The van der Waals surface area contributed by atoms with Crippen LogP contribution < -0.4 is 0 Å². The minimum atomic E-state index is -0.433. The highest BCUT2D eigenvalue weighted by Crippen LogP contribution is 2.38. The van der Waals surface area contributed by atoms with E-state index in [9.17, 15) is 0 Å². The van der Waals surface area contributed by atoms with E-state index in [4.69, 9.17) is 26.2 Å². The molecule has 0 aliphatic carbocycles. The molecular formula is C45H29N3O. The van der Waals surface area contributed by atoms with Gasteiger partial charge in [0, 0.05) is 27.5 Å². The number of benzene rings is 7. The first kappa shape index (κ1) is 23.6. The summed E-state index contributed by atoms with van der Waals surface area (Å²) in [6.07, 6.45) is 0. The molecule has 0 radical (unpaired) electrons. The predicted octanol–water partition coefficient (Wildman–Crippen LogP) is 11.8. The number of furan rings is 1. The fraction of sp³-hybridized carbons (Fsp3) is 0. The van der Waals surface area contributed by atoms with E-state index in [1.165, 1.54) is 0 Å². The van der Waals surface area contributed by atoms with E-state index in [1.807, 2.05) is 84.9 Å². The van der Waals surface area contributed by atoms with Crippen LogP contribution in [-0.4, -0.2) is 15.0 Å². The number of rotatable bonds is 6. The third-order valence-electron chi connectivity index (χ3n) is 8.64. The number of nitrogens with zero attached hydrogens (tertiary/aromatic N) is 3. The van der Waals surface area contributed by atoms with Crippen molar-refractivity contribution in [3.8, 4) is 67.5 Å². The third-order valence-corrected chi connectivity index (χ3v) is 8.64. The number of hydrogen-bond donors (Lipinski definition) is 0. The van der Waals surface area contributed by atoms with E-state index < -0.39 is 6.04 Å². The summed E-state index contributed by atoms with van der Waals surface area (Å²) in [6, 6.07) is 46.0. The van der Waals surface area contributed by atoms with Crippen molar-refractivity contribution in [2.45, 2.75) is 0 Å². The molecule has 230 valence electrons. The van der Waals surface area contributed by atoms with Gasteiger partial charge in [0.2, 0.25) is 0 Å². The summed E-state index contributed by atoms with van der Waals surface area (Å²) in [5.41, 5.74) is 8.42. The van der Waals surface area contributed by atoms with Gasteiger partial charge < -0.3 is 4.42 Å². The predicted molar refractivity (Wildman–Crippen MR) is 200 cm³/mol. The fourth-order valence-corrected chi connectivity index (χ4v) is 6.23. The highest BCUT2D eigenvalue weighted by molar-refractivity contribution is 6.13. The van der Waals surface area contributed by atoms with Gasteiger partial charge in [-0.05, 0) is 57.6 Å². The van der Waals surface area contributed by atoms with Crippen LogP contribution >= 0.6 is 0 Å². The third kappa shape index (κ3) is 5.45. The van der Waals surface area contributed by atoms with Gasteiger partial charge in [-0.3, -0.25) is 0 Å². The van der Waals surface area contributed by atoms with Crippen LogP contribution in [0.25, 0.3) is 89.5 Å².